The van der Waals surface area contributed by atoms with Gasteiger partial charge in [-0.25, -0.2) is 4.39 Å². The third kappa shape index (κ3) is 4.67. The second kappa shape index (κ2) is 6.43. The van der Waals surface area contributed by atoms with Crippen molar-refractivity contribution in [3.8, 4) is 0 Å². The molecule has 1 aromatic rings. The molecule has 0 aromatic heterocycles. The Morgan fingerprint density at radius 1 is 1.20 bits per heavy atom. The lowest BCUT2D eigenvalue weighted by Gasteiger charge is -2.27. The van der Waals surface area contributed by atoms with Crippen molar-refractivity contribution < 1.29 is 17.6 Å². The van der Waals surface area contributed by atoms with Crippen LogP contribution in [0.5, 0.6) is 0 Å². The molecule has 0 aliphatic carbocycles. The smallest absolute Gasteiger partial charge is 0.378 e. The molecule has 0 radical (unpaired) electrons. The molecular weight excluding hydrogens is 272 g/mol. The van der Waals surface area contributed by atoms with E-state index in [1.165, 1.54) is 0 Å². The normalized spacial score (nSPS) is 13.9. The summed E-state index contributed by atoms with van der Waals surface area (Å²) < 4.78 is 51.2. The molecule has 0 aliphatic rings. The fraction of sp³-hybridized carbons (Fsp3) is 0.571. The molecule has 0 saturated heterocycles. The average molecular weight is 292 g/mol. The highest BCUT2D eigenvalue weighted by molar-refractivity contribution is 5.47. The van der Waals surface area contributed by atoms with E-state index in [1.807, 2.05) is 32.8 Å². The van der Waals surface area contributed by atoms with Crippen LogP contribution in [-0.2, 0) is 6.18 Å². The molecule has 1 N–H and O–H groups in total. The summed E-state index contributed by atoms with van der Waals surface area (Å²) >= 11 is 0. The van der Waals surface area contributed by atoms with Crippen molar-refractivity contribution in [2.24, 2.45) is 5.92 Å². The minimum atomic E-state index is -4.53. The van der Waals surface area contributed by atoms with Gasteiger partial charge in [-0.15, -0.1) is 0 Å². The molecule has 114 valence electrons. The number of nitrogens with one attached hydrogen (secondary N) is 1. The van der Waals surface area contributed by atoms with E-state index >= 15 is 0 Å². The van der Waals surface area contributed by atoms with Gasteiger partial charge in [-0.1, -0.05) is 13.8 Å². The molecule has 20 heavy (non-hydrogen) atoms. The number of rotatable bonds is 5. The summed E-state index contributed by atoms with van der Waals surface area (Å²) in [6, 6.07) is 2.51. The van der Waals surface area contributed by atoms with Crippen LogP contribution < -0.4 is 5.32 Å². The zero-order chi connectivity index (χ0) is 15.5. The molecule has 1 atom stereocenters. The first-order valence-electron chi connectivity index (χ1n) is 6.39. The first-order chi connectivity index (χ1) is 9.11. The third-order valence-electron chi connectivity index (χ3n) is 3.00. The van der Waals surface area contributed by atoms with Crippen LogP contribution in [0.15, 0.2) is 18.2 Å². The van der Waals surface area contributed by atoms with Crippen molar-refractivity contribution in [2.45, 2.75) is 26.1 Å². The predicted octanol–water partition coefficient (Wildman–Crippen LogP) is 3.84. The molecule has 0 bridgehead atoms. The molecular formula is C14H20F4N2. The van der Waals surface area contributed by atoms with Gasteiger partial charge in [0.1, 0.15) is 5.82 Å². The Labute approximate surface area is 116 Å². The van der Waals surface area contributed by atoms with Crippen molar-refractivity contribution in [1.29, 1.82) is 0 Å². The van der Waals surface area contributed by atoms with Crippen molar-refractivity contribution in [2.75, 3.05) is 26.0 Å². The summed E-state index contributed by atoms with van der Waals surface area (Å²) in [6.45, 7) is 4.62. The largest absolute Gasteiger partial charge is 0.416 e. The van der Waals surface area contributed by atoms with Gasteiger partial charge in [-0.2, -0.15) is 13.2 Å². The Morgan fingerprint density at radius 3 is 2.20 bits per heavy atom. The summed E-state index contributed by atoms with van der Waals surface area (Å²) in [5, 5.41) is 2.97. The Hall–Kier alpha value is -1.30. The van der Waals surface area contributed by atoms with Gasteiger partial charge in [0.25, 0.3) is 0 Å². The molecule has 1 unspecified atom stereocenters. The minimum absolute atomic E-state index is 0.0452. The first kappa shape index (κ1) is 16.8. The Balaban J connectivity index is 2.91. The Kier molecular flexibility index (Phi) is 5.39. The monoisotopic (exact) mass is 292 g/mol. The van der Waals surface area contributed by atoms with E-state index in [0.717, 1.165) is 12.1 Å². The lowest BCUT2D eigenvalue weighted by Crippen LogP contribution is -2.36. The van der Waals surface area contributed by atoms with Crippen LogP contribution in [0.4, 0.5) is 23.2 Å². The first-order valence-corrected chi connectivity index (χ1v) is 6.39. The molecule has 1 rings (SSSR count). The summed E-state index contributed by atoms with van der Waals surface area (Å²) in [5.74, 6) is -0.664. The van der Waals surface area contributed by atoms with E-state index in [1.54, 1.807) is 0 Å². The maximum atomic E-state index is 13.8. The van der Waals surface area contributed by atoms with Crippen LogP contribution in [0, 0.1) is 11.7 Å². The van der Waals surface area contributed by atoms with E-state index in [2.05, 4.69) is 5.32 Å². The Morgan fingerprint density at radius 2 is 1.80 bits per heavy atom. The number of hydrogen-bond acceptors (Lipinski definition) is 2. The number of likely N-dealkylation sites (N-methyl/N-ethyl adjacent to an activating group) is 1. The molecule has 0 spiro atoms. The van der Waals surface area contributed by atoms with E-state index in [-0.39, 0.29) is 17.6 Å². The molecule has 1 aromatic carbocycles. The molecule has 0 amide bonds. The van der Waals surface area contributed by atoms with Gasteiger partial charge in [0, 0.05) is 12.6 Å². The molecule has 0 heterocycles. The summed E-state index contributed by atoms with van der Waals surface area (Å²) in [5.41, 5.74) is -0.882. The highest BCUT2D eigenvalue weighted by Gasteiger charge is 2.31. The van der Waals surface area contributed by atoms with Crippen molar-refractivity contribution >= 4 is 5.69 Å². The summed E-state index contributed by atoms with van der Waals surface area (Å²) in [6.07, 6.45) is -4.53. The lowest BCUT2D eigenvalue weighted by molar-refractivity contribution is -0.137. The Bertz CT molecular complexity index is 441. The number of anilines is 1. The molecule has 2 nitrogen and oxygen atoms in total. The predicted molar refractivity (Wildman–Crippen MR) is 72.2 cm³/mol. The maximum Gasteiger partial charge on any atom is 0.416 e. The fourth-order valence-electron chi connectivity index (χ4n) is 1.82. The zero-order valence-electron chi connectivity index (χ0n) is 12.1. The summed E-state index contributed by atoms with van der Waals surface area (Å²) in [4.78, 5) is 1.94. The number of hydrogen-bond donors (Lipinski definition) is 1. The second-order valence-corrected chi connectivity index (χ2v) is 5.45. The van der Waals surface area contributed by atoms with E-state index in [0.29, 0.717) is 12.6 Å². The van der Waals surface area contributed by atoms with Crippen LogP contribution in [0.1, 0.15) is 19.4 Å². The topological polar surface area (TPSA) is 15.3 Å². The third-order valence-corrected chi connectivity index (χ3v) is 3.00. The number of benzene rings is 1. The standard InChI is InChI=1S/C14H20F4N2/c1-9(2)13(8-20(3)4)19-12-6-5-10(7-11(12)15)14(16,17)18/h5-7,9,13,19H,8H2,1-4H3. The van der Waals surface area contributed by atoms with Gasteiger partial charge < -0.3 is 10.2 Å². The maximum absolute atomic E-state index is 13.8. The highest BCUT2D eigenvalue weighted by Crippen LogP contribution is 2.31. The quantitative estimate of drug-likeness (QED) is 0.829. The highest BCUT2D eigenvalue weighted by atomic mass is 19.4. The van der Waals surface area contributed by atoms with Gasteiger partial charge in [-0.05, 0) is 38.2 Å². The number of halogens is 4. The second-order valence-electron chi connectivity index (χ2n) is 5.45. The fourth-order valence-corrected chi connectivity index (χ4v) is 1.82. The van der Waals surface area contributed by atoms with Crippen LogP contribution in [-0.4, -0.2) is 31.6 Å². The average Bonchev–Trinajstić information content (AvgIpc) is 2.28. The number of alkyl halides is 3. The van der Waals surface area contributed by atoms with Gasteiger partial charge in [0.15, 0.2) is 0 Å². The molecule has 0 aliphatic heterocycles. The van der Waals surface area contributed by atoms with Crippen molar-refractivity contribution in [1.82, 2.24) is 4.90 Å². The molecule has 0 saturated carbocycles. The van der Waals surface area contributed by atoms with E-state index < -0.39 is 17.6 Å². The SMILES string of the molecule is CC(C)C(CN(C)C)Nc1ccc(C(F)(F)F)cc1F. The molecule has 6 heteroatoms. The van der Waals surface area contributed by atoms with Crippen molar-refractivity contribution in [3.63, 3.8) is 0 Å². The van der Waals surface area contributed by atoms with Crippen LogP contribution in [0.2, 0.25) is 0 Å². The van der Waals surface area contributed by atoms with E-state index in [9.17, 15) is 17.6 Å². The van der Waals surface area contributed by atoms with Crippen molar-refractivity contribution in [3.05, 3.63) is 29.6 Å². The van der Waals surface area contributed by atoms with Gasteiger partial charge >= 0.3 is 6.18 Å². The number of nitrogens with zero attached hydrogens (tertiary/aromatic N) is 1. The zero-order valence-corrected chi connectivity index (χ0v) is 12.1. The minimum Gasteiger partial charge on any atom is -0.378 e. The lowest BCUT2D eigenvalue weighted by atomic mass is 10.0. The van der Waals surface area contributed by atoms with Crippen LogP contribution in [0.25, 0.3) is 0 Å². The van der Waals surface area contributed by atoms with E-state index in [4.69, 9.17) is 0 Å². The van der Waals surface area contributed by atoms with Gasteiger partial charge in [-0.3, -0.25) is 0 Å². The van der Waals surface area contributed by atoms with Gasteiger partial charge in [0.2, 0.25) is 0 Å². The van der Waals surface area contributed by atoms with Crippen LogP contribution in [0.3, 0.4) is 0 Å². The summed E-state index contributed by atoms with van der Waals surface area (Å²) in [7, 11) is 3.78. The molecule has 0 fully saturated rings. The van der Waals surface area contributed by atoms with Gasteiger partial charge in [0.05, 0.1) is 11.3 Å². The van der Waals surface area contributed by atoms with Crippen LogP contribution >= 0.6 is 0 Å².